The first-order valence-electron chi connectivity index (χ1n) is 6.61. The van der Waals surface area contributed by atoms with Crippen LogP contribution in [0.2, 0.25) is 0 Å². The first-order valence-corrected chi connectivity index (χ1v) is 6.61. The maximum Gasteiger partial charge on any atom is 0.122 e. The number of ether oxygens (including phenoxy) is 1. The molecule has 1 aromatic carbocycles. The molecule has 0 amide bonds. The lowest BCUT2D eigenvalue weighted by molar-refractivity contribution is 0.397. The first-order chi connectivity index (χ1) is 8.49. The molecule has 0 aromatic heterocycles. The topological polar surface area (TPSA) is 47.3 Å². The van der Waals surface area contributed by atoms with Gasteiger partial charge in [0.1, 0.15) is 5.75 Å². The van der Waals surface area contributed by atoms with Gasteiger partial charge in [0.15, 0.2) is 0 Å². The minimum Gasteiger partial charge on any atom is -0.496 e. The molecular formula is C15H26N2O. The number of anilines is 1. The highest BCUT2D eigenvalue weighted by atomic mass is 16.5. The predicted octanol–water partition coefficient (Wildman–Crippen LogP) is 3.14. The average molecular weight is 250 g/mol. The van der Waals surface area contributed by atoms with Crippen molar-refractivity contribution in [3.8, 4) is 5.75 Å². The van der Waals surface area contributed by atoms with Crippen molar-refractivity contribution in [1.82, 2.24) is 0 Å². The molecule has 0 saturated heterocycles. The Kier molecular flexibility index (Phi) is 5.48. The van der Waals surface area contributed by atoms with Gasteiger partial charge in [0, 0.05) is 17.8 Å². The summed E-state index contributed by atoms with van der Waals surface area (Å²) in [6, 6.07) is 6.28. The maximum absolute atomic E-state index is 5.48. The lowest BCUT2D eigenvalue weighted by Gasteiger charge is -2.23. The molecule has 3 heteroatoms. The summed E-state index contributed by atoms with van der Waals surface area (Å²) < 4.78 is 5.43. The Morgan fingerprint density at radius 3 is 2.50 bits per heavy atom. The van der Waals surface area contributed by atoms with E-state index in [1.807, 2.05) is 6.07 Å². The lowest BCUT2D eigenvalue weighted by atomic mass is 9.86. The molecule has 0 heterocycles. The highest BCUT2D eigenvalue weighted by molar-refractivity contribution is 5.53. The minimum absolute atomic E-state index is 0.0836. The third-order valence-electron chi connectivity index (χ3n) is 2.97. The van der Waals surface area contributed by atoms with Crippen molar-refractivity contribution in [2.24, 2.45) is 5.73 Å². The van der Waals surface area contributed by atoms with Gasteiger partial charge in [-0.15, -0.1) is 0 Å². The molecule has 3 N–H and O–H groups in total. The summed E-state index contributed by atoms with van der Waals surface area (Å²) >= 11 is 0. The number of hydrogen-bond acceptors (Lipinski definition) is 3. The Labute approximate surface area is 111 Å². The van der Waals surface area contributed by atoms with E-state index in [2.05, 4.69) is 38.2 Å². The van der Waals surface area contributed by atoms with E-state index in [9.17, 15) is 0 Å². The zero-order valence-electron chi connectivity index (χ0n) is 12.0. The smallest absolute Gasteiger partial charge is 0.122 e. The Balaban J connectivity index is 2.77. The van der Waals surface area contributed by atoms with Crippen LogP contribution in [0, 0.1) is 0 Å². The third-order valence-corrected chi connectivity index (χ3v) is 2.97. The van der Waals surface area contributed by atoms with Gasteiger partial charge in [0.2, 0.25) is 0 Å². The number of hydrogen-bond donors (Lipinski definition) is 2. The summed E-state index contributed by atoms with van der Waals surface area (Å²) in [5.41, 5.74) is 7.95. The summed E-state index contributed by atoms with van der Waals surface area (Å²) in [6.07, 6.45) is 2.17. The molecule has 3 nitrogen and oxygen atoms in total. The predicted molar refractivity (Wildman–Crippen MR) is 78.5 cm³/mol. The Morgan fingerprint density at radius 2 is 1.94 bits per heavy atom. The third kappa shape index (κ3) is 4.22. The van der Waals surface area contributed by atoms with E-state index in [1.54, 1.807) is 7.11 Å². The number of nitrogens with two attached hydrogens (primary N) is 1. The molecule has 0 atom stereocenters. The van der Waals surface area contributed by atoms with E-state index in [0.717, 1.165) is 37.4 Å². The van der Waals surface area contributed by atoms with Crippen molar-refractivity contribution in [2.75, 3.05) is 25.5 Å². The Bertz CT molecular complexity index is 369. The van der Waals surface area contributed by atoms with Crippen LogP contribution < -0.4 is 15.8 Å². The lowest BCUT2D eigenvalue weighted by Crippen LogP contribution is -2.14. The van der Waals surface area contributed by atoms with Crippen LogP contribution in [0.4, 0.5) is 5.69 Å². The fourth-order valence-corrected chi connectivity index (χ4v) is 1.91. The van der Waals surface area contributed by atoms with E-state index in [0.29, 0.717) is 0 Å². The summed E-state index contributed by atoms with van der Waals surface area (Å²) in [5, 5.41) is 3.43. The van der Waals surface area contributed by atoms with Crippen LogP contribution in [0.3, 0.4) is 0 Å². The van der Waals surface area contributed by atoms with Crippen molar-refractivity contribution in [2.45, 2.75) is 39.0 Å². The van der Waals surface area contributed by atoms with Gasteiger partial charge >= 0.3 is 0 Å². The van der Waals surface area contributed by atoms with Gasteiger partial charge in [-0.3, -0.25) is 0 Å². The maximum atomic E-state index is 5.48. The molecule has 18 heavy (non-hydrogen) atoms. The minimum atomic E-state index is 0.0836. The van der Waals surface area contributed by atoms with Crippen molar-refractivity contribution >= 4 is 5.69 Å². The number of methoxy groups -OCH3 is 1. The van der Waals surface area contributed by atoms with Crippen molar-refractivity contribution in [3.63, 3.8) is 0 Å². The molecule has 0 fully saturated rings. The van der Waals surface area contributed by atoms with Crippen LogP contribution in [-0.2, 0) is 5.41 Å². The van der Waals surface area contributed by atoms with E-state index in [-0.39, 0.29) is 5.41 Å². The molecule has 0 aliphatic rings. The number of benzene rings is 1. The summed E-state index contributed by atoms with van der Waals surface area (Å²) in [4.78, 5) is 0. The molecule has 0 unspecified atom stereocenters. The largest absolute Gasteiger partial charge is 0.496 e. The monoisotopic (exact) mass is 250 g/mol. The van der Waals surface area contributed by atoms with E-state index in [4.69, 9.17) is 10.5 Å². The fourth-order valence-electron chi connectivity index (χ4n) is 1.91. The number of nitrogens with one attached hydrogen (secondary N) is 1. The first kappa shape index (κ1) is 14.8. The molecule has 1 rings (SSSR count). The highest BCUT2D eigenvalue weighted by Crippen LogP contribution is 2.33. The van der Waals surface area contributed by atoms with Crippen LogP contribution in [0.1, 0.15) is 39.2 Å². The SMILES string of the molecule is COc1ccc(NCCCCN)cc1C(C)(C)C. The number of rotatable bonds is 6. The summed E-state index contributed by atoms with van der Waals surface area (Å²) in [7, 11) is 1.72. The van der Waals surface area contributed by atoms with Gasteiger partial charge in [0.25, 0.3) is 0 Å². The van der Waals surface area contributed by atoms with Crippen LogP contribution in [0.5, 0.6) is 5.75 Å². The molecule has 1 aromatic rings. The van der Waals surface area contributed by atoms with Crippen LogP contribution >= 0.6 is 0 Å². The van der Waals surface area contributed by atoms with Crippen LogP contribution in [0.25, 0.3) is 0 Å². The zero-order chi connectivity index (χ0) is 13.6. The molecule has 0 aliphatic carbocycles. The highest BCUT2D eigenvalue weighted by Gasteiger charge is 2.19. The molecule has 0 spiro atoms. The molecule has 0 bridgehead atoms. The van der Waals surface area contributed by atoms with Gasteiger partial charge in [-0.1, -0.05) is 20.8 Å². The van der Waals surface area contributed by atoms with Crippen LogP contribution in [0.15, 0.2) is 18.2 Å². The average Bonchev–Trinajstić information content (AvgIpc) is 2.33. The second-order valence-electron chi connectivity index (χ2n) is 5.59. The van der Waals surface area contributed by atoms with Gasteiger partial charge in [-0.2, -0.15) is 0 Å². The molecule has 0 saturated carbocycles. The van der Waals surface area contributed by atoms with E-state index in [1.165, 1.54) is 5.56 Å². The van der Waals surface area contributed by atoms with Gasteiger partial charge in [0.05, 0.1) is 7.11 Å². The standard InChI is InChI=1S/C15H26N2O/c1-15(2,3)13-11-12(7-8-14(13)18-4)17-10-6-5-9-16/h7-8,11,17H,5-6,9-10,16H2,1-4H3. The Morgan fingerprint density at radius 1 is 1.22 bits per heavy atom. The molecule has 0 radical (unpaired) electrons. The van der Waals surface area contributed by atoms with Gasteiger partial charge in [-0.05, 0) is 43.0 Å². The molecule has 0 aliphatic heterocycles. The summed E-state index contributed by atoms with van der Waals surface area (Å²) in [6.45, 7) is 8.32. The Hall–Kier alpha value is -1.22. The van der Waals surface area contributed by atoms with Crippen molar-refractivity contribution in [1.29, 1.82) is 0 Å². The van der Waals surface area contributed by atoms with Gasteiger partial charge in [-0.25, -0.2) is 0 Å². The fraction of sp³-hybridized carbons (Fsp3) is 0.600. The molecular weight excluding hydrogens is 224 g/mol. The second-order valence-corrected chi connectivity index (χ2v) is 5.59. The van der Waals surface area contributed by atoms with Crippen LogP contribution in [-0.4, -0.2) is 20.2 Å². The van der Waals surface area contributed by atoms with Gasteiger partial charge < -0.3 is 15.8 Å². The second kappa shape index (κ2) is 6.64. The zero-order valence-corrected chi connectivity index (χ0v) is 12.0. The molecule has 102 valence electrons. The van der Waals surface area contributed by atoms with E-state index < -0.39 is 0 Å². The summed E-state index contributed by atoms with van der Waals surface area (Å²) in [5.74, 6) is 0.954. The number of unbranched alkanes of at least 4 members (excludes halogenated alkanes) is 1. The van der Waals surface area contributed by atoms with Crippen molar-refractivity contribution < 1.29 is 4.74 Å². The van der Waals surface area contributed by atoms with E-state index >= 15 is 0 Å². The van der Waals surface area contributed by atoms with Crippen molar-refractivity contribution in [3.05, 3.63) is 23.8 Å². The normalized spacial score (nSPS) is 11.4. The quantitative estimate of drug-likeness (QED) is 0.762.